The molecule has 10 rings (SSSR count). The number of aryl methyl sites for hydroxylation is 1. The Bertz CT molecular complexity index is 2130. The van der Waals surface area contributed by atoms with E-state index in [0.717, 1.165) is 16.7 Å². The fraction of sp³-hybridized carbons (Fsp3) is 0.487. The van der Waals surface area contributed by atoms with Crippen LogP contribution in [0.5, 0.6) is 40.2 Å². The number of fused-ring (bicyclic) bond motifs is 9. The molecule has 0 radical (unpaired) electrons. The predicted octanol–water partition coefficient (Wildman–Crippen LogP) is 3.41. The minimum Gasteiger partial charge on any atom is -0.504 e. The zero-order valence-electron chi connectivity index (χ0n) is 30.8. The van der Waals surface area contributed by atoms with Gasteiger partial charge in [-0.25, -0.2) is 4.79 Å². The number of nitrogens with one attached hydrogen (secondary N) is 1. The Hall–Kier alpha value is -4.41. The fourth-order valence-electron chi connectivity index (χ4n) is 10.00. The number of benzene rings is 3. The minimum atomic E-state index is -1.36. The SMILES string of the molecule is COc1cc2c(cc1O)CCNC21CS[C@H]2c3c(OC(C)=O)c(C)c4c(c3[C@H](COC1=O)N1[C@@H]2[C@H]2c3c(cc(C)c(OC)c3O)CC([C@@H]1O)N2C)OCO4. The number of thioether (sulfide) groups is 1. The Morgan fingerprint density at radius 2 is 1.80 bits per heavy atom. The number of ether oxygens (including phenoxy) is 6. The maximum atomic E-state index is 14.7. The second kappa shape index (κ2) is 12.6. The highest BCUT2D eigenvalue weighted by molar-refractivity contribution is 7.99. The van der Waals surface area contributed by atoms with E-state index >= 15 is 0 Å². The third-order valence-corrected chi connectivity index (χ3v) is 13.7. The molecule has 2 saturated heterocycles. The summed E-state index contributed by atoms with van der Waals surface area (Å²) < 4.78 is 35.9. The monoisotopic (exact) mass is 761 g/mol. The minimum absolute atomic E-state index is 0.0226. The molecular formula is C39H43N3O11S. The number of hydrogen-bond donors (Lipinski definition) is 4. The van der Waals surface area contributed by atoms with Gasteiger partial charge in [0.1, 0.15) is 18.6 Å². The normalized spacial score (nSPS) is 29.4. The number of phenolic OH excluding ortho intramolecular Hbond substituents is 2. The number of carbonyl (C=O) groups is 2. The van der Waals surface area contributed by atoms with Crippen molar-refractivity contribution in [3.05, 3.63) is 62.7 Å². The molecule has 4 bridgehead atoms. The molecule has 7 aliphatic heterocycles. The number of aromatic hydroxyl groups is 2. The first-order valence-electron chi connectivity index (χ1n) is 18.1. The summed E-state index contributed by atoms with van der Waals surface area (Å²) in [5, 5.41) is 38.2. The van der Waals surface area contributed by atoms with Crippen molar-refractivity contribution in [3.8, 4) is 40.2 Å². The van der Waals surface area contributed by atoms with E-state index in [9.17, 15) is 24.9 Å². The summed E-state index contributed by atoms with van der Waals surface area (Å²) in [6.07, 6.45) is -0.0282. The molecule has 3 aromatic rings. The summed E-state index contributed by atoms with van der Waals surface area (Å²) in [4.78, 5) is 31.7. The van der Waals surface area contributed by atoms with Crippen LogP contribution in [0.4, 0.5) is 0 Å². The van der Waals surface area contributed by atoms with Gasteiger partial charge in [-0.3, -0.25) is 19.9 Å². The number of aliphatic hydroxyl groups is 1. The van der Waals surface area contributed by atoms with Crippen LogP contribution < -0.4 is 29.0 Å². The van der Waals surface area contributed by atoms with Crippen LogP contribution in [-0.4, -0.2) is 102 Å². The molecule has 0 amide bonds. The summed E-state index contributed by atoms with van der Waals surface area (Å²) in [7, 11) is 4.96. The van der Waals surface area contributed by atoms with Gasteiger partial charge in [-0.15, -0.1) is 11.8 Å². The molecule has 2 fully saturated rings. The molecule has 14 nitrogen and oxygen atoms in total. The van der Waals surface area contributed by atoms with Gasteiger partial charge in [0.05, 0.1) is 37.6 Å². The van der Waals surface area contributed by atoms with Crippen LogP contribution in [0, 0.1) is 13.8 Å². The van der Waals surface area contributed by atoms with Crippen LogP contribution in [0.1, 0.15) is 68.8 Å². The number of carbonyl (C=O) groups excluding carboxylic acids is 2. The summed E-state index contributed by atoms with van der Waals surface area (Å²) in [6, 6.07) is 3.13. The number of hydrogen-bond acceptors (Lipinski definition) is 15. The van der Waals surface area contributed by atoms with E-state index in [2.05, 4.69) is 10.2 Å². The number of nitrogens with zero attached hydrogens (tertiary/aromatic N) is 2. The van der Waals surface area contributed by atoms with Crippen LogP contribution in [0.15, 0.2) is 18.2 Å². The maximum absolute atomic E-state index is 14.7. The van der Waals surface area contributed by atoms with E-state index in [4.69, 9.17) is 28.4 Å². The summed E-state index contributed by atoms with van der Waals surface area (Å²) in [5.41, 5.74) is 4.36. The molecule has 0 saturated carbocycles. The van der Waals surface area contributed by atoms with Gasteiger partial charge in [-0.05, 0) is 68.1 Å². The lowest BCUT2D eigenvalue weighted by atomic mass is 9.73. The van der Waals surface area contributed by atoms with Gasteiger partial charge < -0.3 is 43.7 Å². The second-order valence-corrected chi connectivity index (χ2v) is 16.1. The molecule has 15 heteroatoms. The number of likely N-dealkylation sites (N-methyl/N-ethyl adjacent to an activating group) is 1. The number of methoxy groups -OCH3 is 2. The Balaban J connectivity index is 1.32. The van der Waals surface area contributed by atoms with Crippen molar-refractivity contribution in [1.82, 2.24) is 15.1 Å². The molecule has 54 heavy (non-hydrogen) atoms. The van der Waals surface area contributed by atoms with Crippen molar-refractivity contribution in [2.45, 2.75) is 74.8 Å². The molecule has 7 aliphatic rings. The molecule has 1 spiro atoms. The first-order valence-corrected chi connectivity index (χ1v) is 19.1. The number of esters is 2. The van der Waals surface area contributed by atoms with Gasteiger partial charge >= 0.3 is 11.9 Å². The molecular weight excluding hydrogens is 719 g/mol. The number of phenols is 2. The molecule has 3 aromatic carbocycles. The van der Waals surface area contributed by atoms with Crippen LogP contribution in [-0.2, 0) is 32.7 Å². The largest absolute Gasteiger partial charge is 0.504 e. The van der Waals surface area contributed by atoms with Gasteiger partial charge in [-0.1, -0.05) is 6.07 Å². The first kappa shape index (κ1) is 35.3. The fourth-order valence-corrected chi connectivity index (χ4v) is 11.7. The quantitative estimate of drug-likeness (QED) is 0.226. The van der Waals surface area contributed by atoms with Crippen LogP contribution in [0.2, 0.25) is 0 Å². The lowest BCUT2D eigenvalue weighted by Crippen LogP contribution is -2.70. The molecule has 286 valence electrons. The number of piperazine rings is 1. The third kappa shape index (κ3) is 4.74. The van der Waals surface area contributed by atoms with Crippen molar-refractivity contribution in [2.24, 2.45) is 0 Å². The Morgan fingerprint density at radius 1 is 1.02 bits per heavy atom. The maximum Gasteiger partial charge on any atom is 0.331 e. The third-order valence-electron chi connectivity index (χ3n) is 12.3. The Labute approximate surface area is 316 Å². The van der Waals surface area contributed by atoms with E-state index in [1.165, 1.54) is 32.9 Å². The zero-order valence-corrected chi connectivity index (χ0v) is 31.7. The summed E-state index contributed by atoms with van der Waals surface area (Å²) in [6.45, 7) is 5.26. The van der Waals surface area contributed by atoms with Crippen molar-refractivity contribution in [1.29, 1.82) is 0 Å². The van der Waals surface area contributed by atoms with Crippen molar-refractivity contribution in [2.75, 3.05) is 47.0 Å². The van der Waals surface area contributed by atoms with Crippen LogP contribution in [0.25, 0.3) is 0 Å². The molecule has 4 N–H and O–H groups in total. The summed E-state index contributed by atoms with van der Waals surface area (Å²) in [5.74, 6) is 0.949. The smallest absolute Gasteiger partial charge is 0.331 e. The molecule has 0 aliphatic carbocycles. The van der Waals surface area contributed by atoms with Crippen molar-refractivity contribution >= 4 is 23.7 Å². The Morgan fingerprint density at radius 3 is 2.54 bits per heavy atom. The standard InChI is InChI=1S/C39H43N3O11S/c1-16-9-20-10-22-37(46)42-23-13-50-38(47)39(21-12-25(48-5)24(44)11-19(21)7-8-40-39)14-54-36(30(42)29(41(22)4)26(20)31(45)32(16)49-6)28-27(23)35-34(51-15-52-35)17(2)33(28)53-18(3)43/h9,11-12,22-23,29-30,36-37,40,44-46H,7-8,10,13-15H2,1-6H3/t22?,23-,29+,30+,36-,37-,39?/m0/s1. The highest BCUT2D eigenvalue weighted by Gasteiger charge is 2.61. The molecule has 0 aromatic heterocycles. The van der Waals surface area contributed by atoms with Gasteiger partial charge in [0.15, 0.2) is 40.0 Å². The predicted molar refractivity (Wildman–Crippen MR) is 195 cm³/mol. The molecule has 2 unspecified atom stereocenters. The van der Waals surface area contributed by atoms with Crippen LogP contribution in [0.3, 0.4) is 0 Å². The zero-order chi connectivity index (χ0) is 38.0. The number of rotatable bonds is 3. The van der Waals surface area contributed by atoms with E-state index in [1.807, 2.05) is 31.9 Å². The highest BCUT2D eigenvalue weighted by Crippen LogP contribution is 2.64. The number of aliphatic hydroxyl groups excluding tert-OH is 1. The van der Waals surface area contributed by atoms with E-state index in [0.29, 0.717) is 70.2 Å². The molecule has 7 heterocycles. The highest BCUT2D eigenvalue weighted by atomic mass is 32.2. The van der Waals surface area contributed by atoms with Gasteiger partial charge in [0, 0.05) is 47.5 Å². The summed E-state index contributed by atoms with van der Waals surface area (Å²) >= 11 is 1.47. The second-order valence-electron chi connectivity index (χ2n) is 14.9. The average molecular weight is 762 g/mol. The molecule has 7 atom stereocenters. The van der Waals surface area contributed by atoms with Crippen molar-refractivity contribution < 1.29 is 53.3 Å². The van der Waals surface area contributed by atoms with Gasteiger partial charge in [0.2, 0.25) is 6.79 Å². The van der Waals surface area contributed by atoms with Crippen molar-refractivity contribution in [3.63, 3.8) is 0 Å². The first-order chi connectivity index (χ1) is 25.9. The lowest BCUT2D eigenvalue weighted by molar-refractivity contribution is -0.186. The van der Waals surface area contributed by atoms with E-state index in [1.54, 1.807) is 12.1 Å². The lowest BCUT2D eigenvalue weighted by Gasteiger charge is -2.62. The van der Waals surface area contributed by atoms with E-state index in [-0.39, 0.29) is 42.4 Å². The Kier molecular flexibility index (Phi) is 8.21. The average Bonchev–Trinajstić information content (AvgIpc) is 3.63. The van der Waals surface area contributed by atoms with Gasteiger partial charge in [-0.2, -0.15) is 0 Å². The topological polar surface area (TPSA) is 169 Å². The van der Waals surface area contributed by atoms with Crippen LogP contribution >= 0.6 is 11.8 Å². The van der Waals surface area contributed by atoms with Gasteiger partial charge in [0.25, 0.3) is 0 Å². The van der Waals surface area contributed by atoms with E-state index < -0.39 is 47.1 Å².